The van der Waals surface area contributed by atoms with Crippen molar-refractivity contribution in [3.8, 4) is 5.75 Å². The van der Waals surface area contributed by atoms with Gasteiger partial charge >= 0.3 is 6.09 Å². The molecule has 0 fully saturated rings. The molecule has 0 radical (unpaired) electrons. The number of carbonyl (C=O) groups is 1. The number of amides is 1. The van der Waals surface area contributed by atoms with Crippen molar-refractivity contribution >= 4 is 29.1 Å². The molecule has 2 aromatic rings. The maximum Gasteiger partial charge on any atom is 0.417 e. The number of nitrogens with zero attached hydrogens (tertiary/aromatic N) is 1. The molecular weight excluding hydrogens is 303 g/mol. The van der Waals surface area contributed by atoms with Crippen LogP contribution in [-0.2, 0) is 0 Å². The van der Waals surface area contributed by atoms with Crippen molar-refractivity contribution in [2.75, 3.05) is 5.32 Å². The average Bonchev–Trinajstić information content (AvgIpc) is 2.43. The van der Waals surface area contributed by atoms with E-state index < -0.39 is 22.5 Å². The number of halogens is 2. The Balaban J connectivity index is 2.17. The number of benzene rings is 2. The van der Waals surface area contributed by atoms with Crippen LogP contribution in [0.25, 0.3) is 0 Å². The van der Waals surface area contributed by atoms with Gasteiger partial charge in [-0.2, -0.15) is 0 Å². The van der Waals surface area contributed by atoms with Crippen molar-refractivity contribution in [2.45, 2.75) is 0 Å². The largest absolute Gasteiger partial charge is 0.417 e. The van der Waals surface area contributed by atoms with Crippen molar-refractivity contribution in [1.29, 1.82) is 0 Å². The van der Waals surface area contributed by atoms with Crippen LogP contribution in [0.1, 0.15) is 0 Å². The molecule has 108 valence electrons. The van der Waals surface area contributed by atoms with Gasteiger partial charge in [0.05, 0.1) is 4.92 Å². The van der Waals surface area contributed by atoms with Crippen LogP contribution >= 0.6 is 11.6 Å². The van der Waals surface area contributed by atoms with E-state index in [-0.39, 0.29) is 16.5 Å². The van der Waals surface area contributed by atoms with Gasteiger partial charge in [-0.25, -0.2) is 9.18 Å². The molecule has 0 spiro atoms. The van der Waals surface area contributed by atoms with Crippen molar-refractivity contribution in [3.63, 3.8) is 0 Å². The van der Waals surface area contributed by atoms with Crippen LogP contribution in [0.4, 0.5) is 20.6 Å². The van der Waals surface area contributed by atoms with E-state index in [1.165, 1.54) is 30.3 Å². The van der Waals surface area contributed by atoms with Gasteiger partial charge in [-0.3, -0.25) is 15.4 Å². The van der Waals surface area contributed by atoms with Crippen LogP contribution in [0, 0.1) is 15.9 Å². The fourth-order valence-corrected chi connectivity index (χ4v) is 1.69. The zero-order valence-electron chi connectivity index (χ0n) is 10.4. The van der Waals surface area contributed by atoms with Crippen LogP contribution in [-0.4, -0.2) is 11.0 Å². The van der Waals surface area contributed by atoms with Crippen molar-refractivity contribution in [2.24, 2.45) is 0 Å². The van der Waals surface area contributed by atoms with Gasteiger partial charge in [0.15, 0.2) is 11.6 Å². The summed E-state index contributed by atoms with van der Waals surface area (Å²) in [4.78, 5) is 21.8. The average molecular weight is 311 g/mol. The molecule has 0 saturated carbocycles. The molecule has 6 nitrogen and oxygen atoms in total. The molecule has 1 amide bonds. The summed E-state index contributed by atoms with van der Waals surface area (Å²) in [6, 6.07) is 9.00. The number of nitro benzene ring substituents is 1. The Morgan fingerprint density at radius 3 is 2.67 bits per heavy atom. The third-order valence-corrected chi connectivity index (χ3v) is 2.67. The maximum absolute atomic E-state index is 13.3. The summed E-state index contributed by atoms with van der Waals surface area (Å²) in [7, 11) is 0. The first-order valence-electron chi connectivity index (χ1n) is 5.64. The number of carbonyl (C=O) groups excluding carboxylic acids is 1. The van der Waals surface area contributed by atoms with Gasteiger partial charge in [-0.15, -0.1) is 0 Å². The van der Waals surface area contributed by atoms with E-state index in [0.29, 0.717) is 0 Å². The number of hydrogen-bond donors (Lipinski definition) is 1. The predicted octanol–water partition coefficient (Wildman–Crippen LogP) is 4.00. The summed E-state index contributed by atoms with van der Waals surface area (Å²) >= 11 is 5.65. The van der Waals surface area contributed by atoms with Gasteiger partial charge < -0.3 is 4.74 Å². The number of hydrogen-bond acceptors (Lipinski definition) is 4. The zero-order chi connectivity index (χ0) is 15.4. The van der Waals surface area contributed by atoms with Crippen molar-refractivity contribution in [3.05, 3.63) is 63.4 Å². The number of ether oxygens (including phenoxy) is 1. The third-order valence-electron chi connectivity index (χ3n) is 2.43. The molecule has 8 heteroatoms. The van der Waals surface area contributed by atoms with Gasteiger partial charge in [0.2, 0.25) is 0 Å². The lowest BCUT2D eigenvalue weighted by atomic mass is 10.2. The number of nitrogens with one attached hydrogen (secondary N) is 1. The van der Waals surface area contributed by atoms with Crippen LogP contribution in [0.2, 0.25) is 5.02 Å². The van der Waals surface area contributed by atoms with E-state index in [4.69, 9.17) is 16.3 Å². The highest BCUT2D eigenvalue weighted by atomic mass is 35.5. The van der Waals surface area contributed by atoms with Crippen molar-refractivity contribution in [1.82, 2.24) is 0 Å². The fourth-order valence-electron chi connectivity index (χ4n) is 1.52. The Hall–Kier alpha value is -2.67. The molecule has 21 heavy (non-hydrogen) atoms. The molecule has 2 rings (SSSR count). The van der Waals surface area contributed by atoms with Gasteiger partial charge in [0, 0.05) is 11.1 Å². The first kappa shape index (κ1) is 14.7. The molecule has 0 aromatic heterocycles. The predicted molar refractivity (Wildman–Crippen MR) is 74.2 cm³/mol. The second-order valence-electron chi connectivity index (χ2n) is 3.86. The number of para-hydroxylation sites is 1. The number of anilines is 1. The molecule has 0 bridgehead atoms. The molecule has 0 aliphatic carbocycles. The van der Waals surface area contributed by atoms with E-state index in [0.717, 1.165) is 12.1 Å². The first-order chi connectivity index (χ1) is 9.97. The zero-order valence-corrected chi connectivity index (χ0v) is 11.1. The Kier molecular flexibility index (Phi) is 4.34. The summed E-state index contributed by atoms with van der Waals surface area (Å²) in [6.45, 7) is 0. The molecule has 0 aliphatic heterocycles. The number of nitro groups is 1. The SMILES string of the molecule is O=C(Nc1ccc(Cl)cc1[N+](=O)[O-])Oc1ccccc1F. The highest BCUT2D eigenvalue weighted by molar-refractivity contribution is 6.31. The lowest BCUT2D eigenvalue weighted by Crippen LogP contribution is -2.18. The standard InChI is InChI=1S/C13H8ClFN2O4/c14-8-5-6-10(11(7-8)17(19)20)16-13(18)21-12-4-2-1-3-9(12)15/h1-7H,(H,16,18). The quantitative estimate of drug-likeness (QED) is 0.686. The minimum Gasteiger partial charge on any atom is -0.407 e. The van der Waals surface area contributed by atoms with E-state index in [2.05, 4.69) is 5.32 Å². The Labute approximate surface area is 123 Å². The van der Waals surface area contributed by atoms with Crippen LogP contribution in [0.15, 0.2) is 42.5 Å². The minimum atomic E-state index is -1.05. The molecule has 0 heterocycles. The summed E-state index contributed by atoms with van der Waals surface area (Å²) < 4.78 is 18.1. The van der Waals surface area contributed by atoms with E-state index in [1.807, 2.05) is 0 Å². The lowest BCUT2D eigenvalue weighted by molar-refractivity contribution is -0.383. The Bertz CT molecular complexity index is 708. The Morgan fingerprint density at radius 2 is 2.00 bits per heavy atom. The van der Waals surface area contributed by atoms with Gasteiger partial charge in [-0.1, -0.05) is 23.7 Å². The third kappa shape index (κ3) is 3.67. The fraction of sp³-hybridized carbons (Fsp3) is 0. The van der Waals surface area contributed by atoms with E-state index in [9.17, 15) is 19.3 Å². The minimum absolute atomic E-state index is 0.106. The molecule has 2 aromatic carbocycles. The molecular formula is C13H8ClFN2O4. The first-order valence-corrected chi connectivity index (χ1v) is 6.02. The molecule has 0 saturated heterocycles. The molecule has 0 unspecified atom stereocenters. The van der Waals surface area contributed by atoms with Gasteiger partial charge in [0.25, 0.3) is 5.69 Å². The van der Waals surface area contributed by atoms with Gasteiger partial charge in [0.1, 0.15) is 5.69 Å². The summed E-state index contributed by atoms with van der Waals surface area (Å²) in [6.07, 6.45) is -1.05. The smallest absolute Gasteiger partial charge is 0.407 e. The normalized spacial score (nSPS) is 10.0. The topological polar surface area (TPSA) is 81.5 Å². The number of rotatable bonds is 3. The summed E-state index contributed by atoms with van der Waals surface area (Å²) in [5.41, 5.74) is -0.501. The summed E-state index contributed by atoms with van der Waals surface area (Å²) in [5.74, 6) is -1.01. The lowest BCUT2D eigenvalue weighted by Gasteiger charge is -2.07. The molecule has 1 N–H and O–H groups in total. The van der Waals surface area contributed by atoms with E-state index in [1.54, 1.807) is 0 Å². The maximum atomic E-state index is 13.3. The van der Waals surface area contributed by atoms with Crippen molar-refractivity contribution < 1.29 is 18.8 Å². The monoisotopic (exact) mass is 310 g/mol. The second-order valence-corrected chi connectivity index (χ2v) is 4.30. The van der Waals surface area contributed by atoms with Crippen LogP contribution < -0.4 is 10.1 Å². The second kappa shape index (κ2) is 6.19. The van der Waals surface area contributed by atoms with Crippen LogP contribution in [0.5, 0.6) is 5.75 Å². The summed E-state index contributed by atoms with van der Waals surface area (Å²) in [5, 5.41) is 13.2. The van der Waals surface area contributed by atoms with E-state index >= 15 is 0 Å². The highest BCUT2D eigenvalue weighted by Gasteiger charge is 2.18. The molecule has 0 atom stereocenters. The van der Waals surface area contributed by atoms with Gasteiger partial charge in [-0.05, 0) is 24.3 Å². The van der Waals surface area contributed by atoms with Crippen LogP contribution in [0.3, 0.4) is 0 Å². The highest BCUT2D eigenvalue weighted by Crippen LogP contribution is 2.28. The Morgan fingerprint density at radius 1 is 1.29 bits per heavy atom. The molecule has 0 aliphatic rings.